The van der Waals surface area contributed by atoms with Gasteiger partial charge < -0.3 is 4.74 Å². The van der Waals surface area contributed by atoms with Gasteiger partial charge in [0.15, 0.2) is 0 Å². The van der Waals surface area contributed by atoms with Crippen LogP contribution in [0.5, 0.6) is 0 Å². The molecular weight excluding hydrogens is 308 g/mol. The number of rotatable bonds is 7. The van der Waals surface area contributed by atoms with E-state index in [0.717, 1.165) is 45.3 Å². The van der Waals surface area contributed by atoms with E-state index < -0.39 is 0 Å². The molecule has 1 aliphatic carbocycles. The van der Waals surface area contributed by atoms with Crippen molar-refractivity contribution in [2.75, 3.05) is 19.8 Å². The smallest absolute Gasteiger partial charge is 0.107 e. The van der Waals surface area contributed by atoms with E-state index in [1.807, 2.05) is 11.6 Å². The van der Waals surface area contributed by atoms with Crippen LogP contribution in [0.1, 0.15) is 41.9 Å². The third kappa shape index (κ3) is 3.65. The van der Waals surface area contributed by atoms with Gasteiger partial charge in [-0.1, -0.05) is 0 Å². The minimum atomic E-state index is 0.428. The van der Waals surface area contributed by atoms with Crippen LogP contribution < -0.4 is 0 Å². The highest BCUT2D eigenvalue weighted by Crippen LogP contribution is 2.32. The number of fused-ring (bicyclic) bond motifs is 1. The number of hydrogen-bond donors (Lipinski definition) is 0. The molecule has 3 heterocycles. The lowest BCUT2D eigenvalue weighted by atomic mass is 9.96. The van der Waals surface area contributed by atoms with Crippen LogP contribution in [0.25, 0.3) is 0 Å². The van der Waals surface area contributed by atoms with Gasteiger partial charge in [-0.3, -0.25) is 9.58 Å². The predicted octanol–water partition coefficient (Wildman–Crippen LogP) is 2.89. The Bertz CT molecular complexity index is 635. The monoisotopic (exact) mass is 332 g/mol. The molecule has 2 aliphatic rings. The molecule has 124 valence electrons. The zero-order valence-corrected chi connectivity index (χ0v) is 14.5. The second-order valence-corrected chi connectivity index (χ2v) is 7.64. The summed E-state index contributed by atoms with van der Waals surface area (Å²) < 4.78 is 8.06. The van der Waals surface area contributed by atoms with E-state index in [4.69, 9.17) is 9.84 Å². The highest BCUT2D eigenvalue weighted by molar-refractivity contribution is 7.09. The Morgan fingerprint density at radius 2 is 2.26 bits per heavy atom. The molecule has 0 radical (unpaired) electrons. The summed E-state index contributed by atoms with van der Waals surface area (Å²) in [5.41, 5.74) is 2.60. The molecule has 0 spiro atoms. The van der Waals surface area contributed by atoms with E-state index in [1.165, 1.54) is 29.1 Å². The third-order valence-corrected chi connectivity index (χ3v) is 5.46. The molecule has 23 heavy (non-hydrogen) atoms. The largest absolute Gasteiger partial charge is 0.380 e. The van der Waals surface area contributed by atoms with E-state index in [9.17, 15) is 0 Å². The number of ether oxygens (including phenoxy) is 1. The zero-order valence-electron chi connectivity index (χ0n) is 13.6. The van der Waals surface area contributed by atoms with Crippen molar-refractivity contribution >= 4 is 11.3 Å². The molecule has 2 aromatic rings. The van der Waals surface area contributed by atoms with Crippen LogP contribution >= 0.6 is 11.3 Å². The molecule has 0 unspecified atom stereocenters. The van der Waals surface area contributed by atoms with Crippen molar-refractivity contribution in [1.82, 2.24) is 19.7 Å². The topological polar surface area (TPSA) is 43.2 Å². The van der Waals surface area contributed by atoms with Crippen LogP contribution in [-0.2, 0) is 24.4 Å². The van der Waals surface area contributed by atoms with Gasteiger partial charge in [0.2, 0.25) is 0 Å². The molecule has 0 amide bonds. The average molecular weight is 332 g/mol. The maximum Gasteiger partial charge on any atom is 0.107 e. The highest BCUT2D eigenvalue weighted by atomic mass is 32.1. The van der Waals surface area contributed by atoms with E-state index >= 15 is 0 Å². The van der Waals surface area contributed by atoms with E-state index in [1.54, 1.807) is 11.3 Å². The van der Waals surface area contributed by atoms with E-state index in [0.29, 0.717) is 5.92 Å². The second kappa shape index (κ2) is 6.71. The summed E-state index contributed by atoms with van der Waals surface area (Å²) in [5.74, 6) is 1.25. The fourth-order valence-electron chi connectivity index (χ4n) is 3.24. The number of thiazole rings is 1. The van der Waals surface area contributed by atoms with Gasteiger partial charge in [-0.05, 0) is 25.7 Å². The lowest BCUT2D eigenvalue weighted by Gasteiger charge is -2.31. The normalized spacial score (nSPS) is 21.5. The molecular formula is C17H24N4OS. The summed E-state index contributed by atoms with van der Waals surface area (Å²) in [7, 11) is 0. The predicted molar refractivity (Wildman–Crippen MR) is 90.4 cm³/mol. The number of hydrogen-bond acceptors (Lipinski definition) is 5. The maximum absolute atomic E-state index is 6.00. The third-order valence-electron chi connectivity index (χ3n) is 4.70. The maximum atomic E-state index is 6.00. The van der Waals surface area contributed by atoms with Crippen molar-refractivity contribution in [3.05, 3.63) is 34.0 Å². The van der Waals surface area contributed by atoms with Gasteiger partial charge in [-0.25, -0.2) is 4.98 Å². The summed E-state index contributed by atoms with van der Waals surface area (Å²) in [6, 6.07) is 0. The Labute approximate surface area is 141 Å². The standard InChI is InChI=1S/C17H24N4OS/c1-2-21-8-15-14(12-22-11-13-3-4-13)7-20(9-16(15)19-21)10-17-18-5-6-23-17/h5-6,8,13-14H,2-4,7,9-12H2,1H3/t14-/m1/s1. The lowest BCUT2D eigenvalue weighted by molar-refractivity contribution is 0.0890. The van der Waals surface area contributed by atoms with Crippen LogP contribution in [0.3, 0.4) is 0 Å². The quantitative estimate of drug-likeness (QED) is 0.782. The first-order valence-electron chi connectivity index (χ1n) is 8.56. The van der Waals surface area contributed by atoms with Crippen molar-refractivity contribution in [2.24, 2.45) is 5.92 Å². The van der Waals surface area contributed by atoms with E-state index in [-0.39, 0.29) is 0 Å². The fraction of sp³-hybridized carbons (Fsp3) is 0.647. The molecule has 0 bridgehead atoms. The molecule has 6 heteroatoms. The minimum Gasteiger partial charge on any atom is -0.380 e. The average Bonchev–Trinajstić information content (AvgIpc) is 3.06. The number of aromatic nitrogens is 3. The van der Waals surface area contributed by atoms with E-state index in [2.05, 4.69) is 27.7 Å². The Morgan fingerprint density at radius 3 is 3.00 bits per heavy atom. The molecule has 0 aromatic carbocycles. The number of aryl methyl sites for hydroxylation is 1. The van der Waals surface area contributed by atoms with Crippen LogP contribution in [0.2, 0.25) is 0 Å². The summed E-state index contributed by atoms with van der Waals surface area (Å²) in [6.45, 7) is 7.68. The Morgan fingerprint density at radius 1 is 1.35 bits per heavy atom. The fourth-order valence-corrected chi connectivity index (χ4v) is 3.89. The Kier molecular flexibility index (Phi) is 4.46. The van der Waals surface area contributed by atoms with Crippen molar-refractivity contribution < 1.29 is 4.74 Å². The number of nitrogens with zero attached hydrogens (tertiary/aromatic N) is 4. The molecule has 1 saturated carbocycles. The molecule has 0 N–H and O–H groups in total. The molecule has 5 nitrogen and oxygen atoms in total. The van der Waals surface area contributed by atoms with Crippen LogP contribution in [0.15, 0.2) is 17.8 Å². The van der Waals surface area contributed by atoms with Crippen molar-refractivity contribution in [3.63, 3.8) is 0 Å². The Balaban J connectivity index is 1.46. The van der Waals surface area contributed by atoms with Crippen LogP contribution in [0, 0.1) is 5.92 Å². The molecule has 1 aliphatic heterocycles. The van der Waals surface area contributed by atoms with Crippen LogP contribution in [-0.4, -0.2) is 39.4 Å². The highest BCUT2D eigenvalue weighted by Gasteiger charge is 2.29. The van der Waals surface area contributed by atoms with Crippen molar-refractivity contribution in [2.45, 2.75) is 45.3 Å². The first kappa shape index (κ1) is 15.3. The zero-order chi connectivity index (χ0) is 15.6. The van der Waals surface area contributed by atoms with Gasteiger partial charge >= 0.3 is 0 Å². The van der Waals surface area contributed by atoms with Gasteiger partial charge in [0.05, 0.1) is 18.8 Å². The molecule has 1 atom stereocenters. The summed E-state index contributed by atoms with van der Waals surface area (Å²) in [4.78, 5) is 6.88. The molecule has 1 fully saturated rings. The van der Waals surface area contributed by atoms with Gasteiger partial charge in [0, 0.05) is 55.5 Å². The molecule has 4 rings (SSSR count). The first-order chi connectivity index (χ1) is 11.3. The minimum absolute atomic E-state index is 0.428. The molecule has 0 saturated heterocycles. The summed E-state index contributed by atoms with van der Waals surface area (Å²) >= 11 is 1.73. The van der Waals surface area contributed by atoms with Gasteiger partial charge in [0.1, 0.15) is 5.01 Å². The van der Waals surface area contributed by atoms with Crippen molar-refractivity contribution in [3.8, 4) is 0 Å². The SMILES string of the molecule is CCn1cc2c(n1)CN(Cc1nccs1)C[C@@H]2COCC1CC1. The van der Waals surface area contributed by atoms with Gasteiger partial charge in [-0.2, -0.15) is 5.10 Å². The van der Waals surface area contributed by atoms with Crippen LogP contribution in [0.4, 0.5) is 0 Å². The second-order valence-electron chi connectivity index (χ2n) is 6.66. The summed E-state index contributed by atoms with van der Waals surface area (Å²) in [6.07, 6.45) is 6.80. The van der Waals surface area contributed by atoms with Crippen molar-refractivity contribution in [1.29, 1.82) is 0 Å². The first-order valence-corrected chi connectivity index (χ1v) is 9.44. The Hall–Kier alpha value is -1.24. The summed E-state index contributed by atoms with van der Waals surface area (Å²) in [5, 5.41) is 7.99. The van der Waals surface area contributed by atoms with Gasteiger partial charge in [0.25, 0.3) is 0 Å². The van der Waals surface area contributed by atoms with Gasteiger partial charge in [-0.15, -0.1) is 11.3 Å². The lowest BCUT2D eigenvalue weighted by Crippen LogP contribution is -2.34. The molecule has 2 aromatic heterocycles.